The molecule has 0 saturated carbocycles. The molecular formula is C18H21FN2O4S2. The van der Waals surface area contributed by atoms with E-state index in [0.29, 0.717) is 24.2 Å². The number of likely N-dealkylation sites (N-methyl/N-ethyl adjacent to an activating group) is 1. The van der Waals surface area contributed by atoms with Crippen LogP contribution in [0.15, 0.2) is 35.0 Å². The zero-order valence-electron chi connectivity index (χ0n) is 15.2. The number of nitrogens with one attached hydrogen (secondary N) is 1. The fourth-order valence-electron chi connectivity index (χ4n) is 3.22. The van der Waals surface area contributed by atoms with Gasteiger partial charge in [0.2, 0.25) is 0 Å². The van der Waals surface area contributed by atoms with Crippen LogP contribution in [0.25, 0.3) is 0 Å². The van der Waals surface area contributed by atoms with Gasteiger partial charge in [0.1, 0.15) is 11.9 Å². The summed E-state index contributed by atoms with van der Waals surface area (Å²) in [6, 6.07) is 6.16. The first kappa shape index (κ1) is 19.9. The summed E-state index contributed by atoms with van der Waals surface area (Å²) in [4.78, 5) is 12.2. The Bertz CT molecular complexity index is 946. The Labute approximate surface area is 162 Å². The third-order valence-corrected chi connectivity index (χ3v) is 7.29. The van der Waals surface area contributed by atoms with Gasteiger partial charge >= 0.3 is 10.2 Å². The summed E-state index contributed by atoms with van der Waals surface area (Å²) in [5.74, 6) is -1.01. The molecule has 0 bridgehead atoms. The molecule has 1 N–H and O–H groups in total. The second-order valence-corrected chi connectivity index (χ2v) is 9.26. The number of hydrogen-bond acceptors (Lipinski definition) is 5. The molecule has 1 aromatic carbocycles. The highest BCUT2D eigenvalue weighted by Crippen LogP contribution is 2.43. The van der Waals surface area contributed by atoms with Gasteiger partial charge in [0, 0.05) is 19.0 Å². The van der Waals surface area contributed by atoms with E-state index in [1.807, 2.05) is 0 Å². The van der Waals surface area contributed by atoms with Crippen molar-refractivity contribution in [2.75, 3.05) is 13.7 Å². The van der Waals surface area contributed by atoms with Crippen molar-refractivity contribution >= 4 is 27.5 Å². The number of hydrogen-bond donors (Lipinski definition) is 1. The second-order valence-electron chi connectivity index (χ2n) is 6.78. The molecule has 1 fully saturated rings. The van der Waals surface area contributed by atoms with Crippen molar-refractivity contribution in [1.29, 1.82) is 0 Å². The Hall–Kier alpha value is -1.81. The molecule has 27 heavy (non-hydrogen) atoms. The molecule has 0 spiro atoms. The van der Waals surface area contributed by atoms with E-state index < -0.39 is 27.8 Å². The highest BCUT2D eigenvalue weighted by Gasteiger charge is 2.48. The first-order valence-corrected chi connectivity index (χ1v) is 10.7. The maximum Gasteiger partial charge on any atom is 0.304 e. The summed E-state index contributed by atoms with van der Waals surface area (Å²) >= 11 is 1.31. The number of thiophene rings is 1. The van der Waals surface area contributed by atoms with Crippen LogP contribution in [0, 0.1) is 12.7 Å². The Morgan fingerprint density at radius 3 is 2.78 bits per heavy atom. The van der Waals surface area contributed by atoms with Crippen LogP contribution in [0.1, 0.15) is 40.9 Å². The SMILES string of the molecule is Cc1cc(C2OCCC2(C)N(C)S(=O)(=O)NC(=O)c2ccsc2)ccc1F. The number of aryl methyl sites for hydroxylation is 1. The van der Waals surface area contributed by atoms with Crippen molar-refractivity contribution in [2.45, 2.75) is 31.9 Å². The molecule has 2 heterocycles. The quantitative estimate of drug-likeness (QED) is 0.819. The van der Waals surface area contributed by atoms with Crippen LogP contribution in [-0.4, -0.2) is 37.8 Å². The molecule has 6 nitrogen and oxygen atoms in total. The number of benzene rings is 1. The summed E-state index contributed by atoms with van der Waals surface area (Å²) in [5.41, 5.74) is 0.516. The summed E-state index contributed by atoms with van der Waals surface area (Å²) < 4.78 is 48.3. The van der Waals surface area contributed by atoms with E-state index >= 15 is 0 Å². The fraction of sp³-hybridized carbons (Fsp3) is 0.389. The normalized spacial score (nSPS) is 22.9. The third-order valence-electron chi connectivity index (χ3n) is 5.03. The third kappa shape index (κ3) is 3.77. The number of nitrogens with zero attached hydrogens (tertiary/aromatic N) is 1. The minimum atomic E-state index is -4.10. The van der Waals surface area contributed by atoms with Gasteiger partial charge in [-0.15, -0.1) is 0 Å². The van der Waals surface area contributed by atoms with Gasteiger partial charge in [0.15, 0.2) is 0 Å². The molecule has 2 atom stereocenters. The first-order valence-electron chi connectivity index (χ1n) is 8.36. The molecule has 0 aliphatic carbocycles. The smallest absolute Gasteiger partial charge is 0.304 e. The van der Waals surface area contributed by atoms with E-state index in [0.717, 1.165) is 4.31 Å². The number of carbonyl (C=O) groups excluding carboxylic acids is 1. The Morgan fingerprint density at radius 1 is 1.41 bits per heavy atom. The molecule has 1 amide bonds. The lowest BCUT2D eigenvalue weighted by Gasteiger charge is -2.38. The average molecular weight is 413 g/mol. The van der Waals surface area contributed by atoms with Crippen LogP contribution >= 0.6 is 11.3 Å². The molecule has 1 aliphatic heterocycles. The highest BCUT2D eigenvalue weighted by molar-refractivity contribution is 7.87. The number of ether oxygens (including phenoxy) is 1. The number of rotatable bonds is 5. The van der Waals surface area contributed by atoms with Crippen LogP contribution in [0.4, 0.5) is 4.39 Å². The average Bonchev–Trinajstić information content (AvgIpc) is 3.27. The summed E-state index contributed by atoms with van der Waals surface area (Å²) in [7, 11) is -2.68. The number of halogens is 1. The number of carbonyl (C=O) groups is 1. The summed E-state index contributed by atoms with van der Waals surface area (Å²) in [6.45, 7) is 3.76. The zero-order valence-corrected chi connectivity index (χ0v) is 16.9. The molecule has 1 aliphatic rings. The highest BCUT2D eigenvalue weighted by atomic mass is 32.2. The Kier molecular flexibility index (Phi) is 5.40. The molecule has 0 radical (unpaired) electrons. The van der Waals surface area contributed by atoms with Crippen LogP contribution in [-0.2, 0) is 14.9 Å². The lowest BCUT2D eigenvalue weighted by atomic mass is 9.88. The monoisotopic (exact) mass is 412 g/mol. The minimum Gasteiger partial charge on any atom is -0.371 e. The molecule has 1 saturated heterocycles. The van der Waals surface area contributed by atoms with E-state index in [1.54, 1.807) is 42.8 Å². The topological polar surface area (TPSA) is 75.7 Å². The van der Waals surface area contributed by atoms with Gasteiger partial charge in [-0.05, 0) is 48.9 Å². The van der Waals surface area contributed by atoms with Gasteiger partial charge in [-0.25, -0.2) is 9.11 Å². The van der Waals surface area contributed by atoms with Gasteiger partial charge in [-0.2, -0.15) is 24.1 Å². The zero-order chi connectivity index (χ0) is 19.8. The predicted molar refractivity (Wildman–Crippen MR) is 101 cm³/mol. The van der Waals surface area contributed by atoms with Crippen LogP contribution < -0.4 is 4.72 Å². The summed E-state index contributed by atoms with van der Waals surface area (Å²) in [6.07, 6.45) is -0.132. The largest absolute Gasteiger partial charge is 0.371 e. The van der Waals surface area contributed by atoms with Crippen LogP contribution in [0.2, 0.25) is 0 Å². The number of amides is 1. The van der Waals surface area contributed by atoms with Crippen molar-refractivity contribution in [2.24, 2.45) is 0 Å². The van der Waals surface area contributed by atoms with Crippen LogP contribution in [0.3, 0.4) is 0 Å². The molecular weight excluding hydrogens is 391 g/mol. The van der Waals surface area contributed by atoms with E-state index in [-0.39, 0.29) is 11.4 Å². The van der Waals surface area contributed by atoms with Crippen molar-refractivity contribution in [3.8, 4) is 0 Å². The minimum absolute atomic E-state index is 0.288. The summed E-state index contributed by atoms with van der Waals surface area (Å²) in [5, 5.41) is 3.28. The molecule has 2 unspecified atom stereocenters. The Balaban J connectivity index is 1.87. The van der Waals surface area contributed by atoms with Crippen molar-refractivity contribution < 1.29 is 22.3 Å². The van der Waals surface area contributed by atoms with E-state index in [2.05, 4.69) is 4.72 Å². The molecule has 146 valence electrons. The van der Waals surface area contributed by atoms with E-state index in [4.69, 9.17) is 4.74 Å². The van der Waals surface area contributed by atoms with Crippen LogP contribution in [0.5, 0.6) is 0 Å². The Morgan fingerprint density at radius 2 is 2.15 bits per heavy atom. The molecule has 3 rings (SSSR count). The first-order chi connectivity index (χ1) is 12.6. The van der Waals surface area contributed by atoms with Gasteiger partial charge < -0.3 is 4.74 Å². The van der Waals surface area contributed by atoms with Gasteiger partial charge in [0.05, 0.1) is 11.1 Å². The standard InChI is InChI=1S/C18H21FN2O4S2/c1-12-10-13(4-5-15(12)19)16-18(2,7-8-25-16)21(3)27(23,24)20-17(22)14-6-9-26-11-14/h4-6,9-11,16H,7-8H2,1-3H3,(H,20,22). The lowest BCUT2D eigenvalue weighted by molar-refractivity contribution is 0.0506. The maximum atomic E-state index is 13.6. The molecule has 1 aromatic heterocycles. The predicted octanol–water partition coefficient (Wildman–Crippen LogP) is 3.02. The molecule has 2 aromatic rings. The fourth-order valence-corrected chi connectivity index (χ4v) is 5.08. The second kappa shape index (κ2) is 7.31. The van der Waals surface area contributed by atoms with Gasteiger partial charge in [-0.1, -0.05) is 12.1 Å². The van der Waals surface area contributed by atoms with E-state index in [1.165, 1.54) is 24.5 Å². The lowest BCUT2D eigenvalue weighted by Crippen LogP contribution is -2.54. The van der Waals surface area contributed by atoms with Crippen molar-refractivity contribution in [3.05, 3.63) is 57.5 Å². The molecule has 9 heteroatoms. The van der Waals surface area contributed by atoms with Crippen molar-refractivity contribution in [1.82, 2.24) is 9.03 Å². The van der Waals surface area contributed by atoms with Crippen molar-refractivity contribution in [3.63, 3.8) is 0 Å². The maximum absolute atomic E-state index is 13.6. The van der Waals surface area contributed by atoms with E-state index in [9.17, 15) is 17.6 Å². The van der Waals surface area contributed by atoms with Gasteiger partial charge in [-0.3, -0.25) is 4.79 Å². The van der Waals surface area contributed by atoms with Gasteiger partial charge in [0.25, 0.3) is 5.91 Å².